The quantitative estimate of drug-likeness (QED) is 0.715. The molecule has 2 rings (SSSR count). The Bertz CT molecular complexity index is 503. The lowest BCUT2D eigenvalue weighted by Crippen LogP contribution is -2.13. The Kier molecular flexibility index (Phi) is 2.00. The van der Waals surface area contributed by atoms with E-state index in [2.05, 4.69) is 32.7 Å². The number of aryl methyl sites for hydroxylation is 1. The lowest BCUT2D eigenvalue weighted by atomic mass is 9.91. The second-order valence-electron chi connectivity index (χ2n) is 4.94. The first kappa shape index (κ1) is 10.0. The van der Waals surface area contributed by atoms with Gasteiger partial charge in [-0.3, -0.25) is 4.40 Å². The summed E-state index contributed by atoms with van der Waals surface area (Å²) >= 11 is 0. The summed E-state index contributed by atoms with van der Waals surface area (Å²) in [6.45, 7) is 8.56. The first-order valence-electron chi connectivity index (χ1n) is 5.15. The van der Waals surface area contributed by atoms with Crippen molar-refractivity contribution in [1.82, 2.24) is 9.38 Å². The van der Waals surface area contributed by atoms with Crippen LogP contribution in [0.4, 0.5) is 5.82 Å². The molecule has 3 heteroatoms. The van der Waals surface area contributed by atoms with Crippen LogP contribution in [0, 0.1) is 6.92 Å². The molecule has 2 aromatic rings. The molecular weight excluding hydrogens is 186 g/mol. The summed E-state index contributed by atoms with van der Waals surface area (Å²) in [5.41, 5.74) is 9.17. The Morgan fingerprint density at radius 3 is 2.47 bits per heavy atom. The molecule has 2 heterocycles. The first-order valence-corrected chi connectivity index (χ1v) is 5.15. The molecule has 0 aromatic carbocycles. The molecule has 2 N–H and O–H groups in total. The summed E-state index contributed by atoms with van der Waals surface area (Å²) in [5.74, 6) is 0.744. The summed E-state index contributed by atoms with van der Waals surface area (Å²) in [6.07, 6.45) is 0. The van der Waals surface area contributed by atoms with Crippen molar-refractivity contribution < 1.29 is 0 Å². The highest BCUT2D eigenvalue weighted by atomic mass is 15.1. The monoisotopic (exact) mass is 203 g/mol. The Hall–Kier alpha value is -1.51. The van der Waals surface area contributed by atoms with E-state index in [-0.39, 0.29) is 5.41 Å². The number of pyridine rings is 1. The highest BCUT2D eigenvalue weighted by molar-refractivity contribution is 5.52. The van der Waals surface area contributed by atoms with Crippen molar-refractivity contribution >= 4 is 11.5 Å². The smallest absolute Gasteiger partial charge is 0.138 e. The van der Waals surface area contributed by atoms with Crippen LogP contribution in [0.5, 0.6) is 0 Å². The summed E-state index contributed by atoms with van der Waals surface area (Å²) in [6, 6.07) is 5.82. The normalized spacial score (nSPS) is 12.3. The molecule has 0 atom stereocenters. The molecule has 2 aromatic heterocycles. The van der Waals surface area contributed by atoms with Gasteiger partial charge in [0.15, 0.2) is 0 Å². The number of nitrogens with two attached hydrogens (primary N) is 1. The maximum Gasteiger partial charge on any atom is 0.138 e. The summed E-state index contributed by atoms with van der Waals surface area (Å²) in [5, 5.41) is 0. The Morgan fingerprint density at radius 2 is 1.93 bits per heavy atom. The van der Waals surface area contributed by atoms with Gasteiger partial charge < -0.3 is 5.73 Å². The standard InChI is InChI=1S/C12H17N3/c1-8-11(12(2,3)4)14-10-7-5-6-9(13)15(8)10/h5-7H,13H2,1-4H3. The van der Waals surface area contributed by atoms with Crippen LogP contribution < -0.4 is 5.73 Å². The fraction of sp³-hybridized carbons (Fsp3) is 0.417. The molecule has 0 aliphatic rings. The van der Waals surface area contributed by atoms with Crippen molar-refractivity contribution in [3.63, 3.8) is 0 Å². The van der Waals surface area contributed by atoms with Crippen LogP contribution in [0.15, 0.2) is 18.2 Å². The Labute approximate surface area is 89.9 Å². The molecule has 0 aliphatic heterocycles. The number of hydrogen-bond acceptors (Lipinski definition) is 2. The van der Waals surface area contributed by atoms with Crippen molar-refractivity contribution in [3.05, 3.63) is 29.6 Å². The van der Waals surface area contributed by atoms with E-state index in [9.17, 15) is 0 Å². The number of hydrogen-bond donors (Lipinski definition) is 1. The summed E-state index contributed by atoms with van der Waals surface area (Å²) < 4.78 is 2.00. The van der Waals surface area contributed by atoms with Gasteiger partial charge in [0, 0.05) is 11.1 Å². The zero-order chi connectivity index (χ0) is 11.2. The molecule has 0 aliphatic carbocycles. The molecule has 0 fully saturated rings. The predicted octanol–water partition coefficient (Wildman–Crippen LogP) is 2.52. The van der Waals surface area contributed by atoms with Crippen LogP contribution in [0.3, 0.4) is 0 Å². The van der Waals surface area contributed by atoms with E-state index in [0.717, 1.165) is 22.9 Å². The molecule has 0 saturated heterocycles. The second kappa shape index (κ2) is 2.99. The van der Waals surface area contributed by atoms with E-state index >= 15 is 0 Å². The van der Waals surface area contributed by atoms with Crippen LogP contribution >= 0.6 is 0 Å². The molecule has 0 amide bonds. The molecule has 0 saturated carbocycles. The van der Waals surface area contributed by atoms with Gasteiger partial charge in [-0.15, -0.1) is 0 Å². The van der Waals surface area contributed by atoms with Gasteiger partial charge in [-0.1, -0.05) is 26.8 Å². The van der Waals surface area contributed by atoms with Gasteiger partial charge in [0.05, 0.1) is 5.69 Å². The SMILES string of the molecule is Cc1c(C(C)(C)C)nc2cccc(N)n12. The van der Waals surface area contributed by atoms with Crippen molar-refractivity contribution in [2.75, 3.05) is 5.73 Å². The van der Waals surface area contributed by atoms with Crippen LogP contribution in [-0.4, -0.2) is 9.38 Å². The minimum absolute atomic E-state index is 0.0581. The maximum atomic E-state index is 5.94. The van der Waals surface area contributed by atoms with E-state index in [1.165, 1.54) is 0 Å². The lowest BCUT2D eigenvalue weighted by molar-refractivity contribution is 0.568. The molecule has 0 unspecified atom stereocenters. The number of nitrogens with zero attached hydrogens (tertiary/aromatic N) is 2. The number of rotatable bonds is 0. The fourth-order valence-electron chi connectivity index (χ4n) is 1.98. The van der Waals surface area contributed by atoms with Gasteiger partial charge in [0.1, 0.15) is 11.5 Å². The number of nitrogen functional groups attached to an aromatic ring is 1. The Balaban J connectivity index is 2.82. The number of fused-ring (bicyclic) bond motifs is 1. The molecule has 0 bridgehead atoms. The van der Waals surface area contributed by atoms with Crippen molar-refractivity contribution in [3.8, 4) is 0 Å². The van der Waals surface area contributed by atoms with Gasteiger partial charge in [0.25, 0.3) is 0 Å². The van der Waals surface area contributed by atoms with Gasteiger partial charge in [-0.2, -0.15) is 0 Å². The molecule has 80 valence electrons. The van der Waals surface area contributed by atoms with E-state index in [1.54, 1.807) is 0 Å². The van der Waals surface area contributed by atoms with E-state index in [0.29, 0.717) is 0 Å². The zero-order valence-electron chi connectivity index (χ0n) is 9.70. The Morgan fingerprint density at radius 1 is 1.27 bits per heavy atom. The average molecular weight is 203 g/mol. The predicted molar refractivity (Wildman–Crippen MR) is 63.0 cm³/mol. The average Bonchev–Trinajstić information content (AvgIpc) is 2.44. The first-order chi connectivity index (χ1) is 6.91. The van der Waals surface area contributed by atoms with Gasteiger partial charge in [0.2, 0.25) is 0 Å². The summed E-state index contributed by atoms with van der Waals surface area (Å²) in [4.78, 5) is 4.63. The number of imidazole rings is 1. The van der Waals surface area contributed by atoms with Crippen molar-refractivity contribution in [1.29, 1.82) is 0 Å². The largest absolute Gasteiger partial charge is 0.385 e. The molecule has 3 nitrogen and oxygen atoms in total. The minimum atomic E-state index is 0.0581. The fourth-order valence-corrected chi connectivity index (χ4v) is 1.98. The minimum Gasteiger partial charge on any atom is -0.385 e. The van der Waals surface area contributed by atoms with E-state index in [1.807, 2.05) is 22.6 Å². The third kappa shape index (κ3) is 1.48. The van der Waals surface area contributed by atoms with Crippen molar-refractivity contribution in [2.24, 2.45) is 0 Å². The van der Waals surface area contributed by atoms with Crippen LogP contribution in [0.25, 0.3) is 5.65 Å². The highest BCUT2D eigenvalue weighted by Crippen LogP contribution is 2.26. The van der Waals surface area contributed by atoms with E-state index in [4.69, 9.17) is 5.73 Å². The number of anilines is 1. The highest BCUT2D eigenvalue weighted by Gasteiger charge is 2.21. The third-order valence-electron chi connectivity index (χ3n) is 2.61. The molecule has 15 heavy (non-hydrogen) atoms. The molecule has 0 spiro atoms. The topological polar surface area (TPSA) is 43.3 Å². The zero-order valence-corrected chi connectivity index (χ0v) is 9.70. The van der Waals surface area contributed by atoms with Crippen LogP contribution in [0.1, 0.15) is 32.2 Å². The lowest BCUT2D eigenvalue weighted by Gasteiger charge is -2.16. The van der Waals surface area contributed by atoms with Gasteiger partial charge in [-0.25, -0.2) is 4.98 Å². The molecule has 0 radical (unpaired) electrons. The third-order valence-corrected chi connectivity index (χ3v) is 2.61. The van der Waals surface area contributed by atoms with Gasteiger partial charge in [-0.05, 0) is 19.1 Å². The van der Waals surface area contributed by atoms with Gasteiger partial charge >= 0.3 is 0 Å². The maximum absolute atomic E-state index is 5.94. The second-order valence-corrected chi connectivity index (χ2v) is 4.94. The van der Waals surface area contributed by atoms with Crippen LogP contribution in [0.2, 0.25) is 0 Å². The van der Waals surface area contributed by atoms with E-state index < -0.39 is 0 Å². The van der Waals surface area contributed by atoms with Crippen molar-refractivity contribution in [2.45, 2.75) is 33.1 Å². The molecular formula is C12H17N3. The van der Waals surface area contributed by atoms with Crippen LogP contribution in [-0.2, 0) is 5.41 Å². The summed E-state index contributed by atoms with van der Waals surface area (Å²) in [7, 11) is 0. The number of aromatic nitrogens is 2.